The van der Waals surface area contributed by atoms with Gasteiger partial charge in [0.25, 0.3) is 5.91 Å². The Hall–Kier alpha value is -1.66. The number of amides is 1. The lowest BCUT2D eigenvalue weighted by Crippen LogP contribution is -2.45. The van der Waals surface area contributed by atoms with E-state index in [9.17, 15) is 4.79 Å². The van der Waals surface area contributed by atoms with Gasteiger partial charge in [-0.3, -0.25) is 9.48 Å². The van der Waals surface area contributed by atoms with E-state index in [1.807, 2.05) is 56.6 Å². The van der Waals surface area contributed by atoms with Gasteiger partial charge in [0.2, 0.25) is 0 Å². The number of nitrogens with one attached hydrogen (secondary N) is 1. The molecule has 0 bridgehead atoms. The predicted molar refractivity (Wildman–Crippen MR) is 95.5 cm³/mol. The molecular formula is C17H23BrN4O. The summed E-state index contributed by atoms with van der Waals surface area (Å²) in [5, 5.41) is 7.39. The zero-order valence-electron chi connectivity index (χ0n) is 14.0. The Labute approximate surface area is 145 Å². The van der Waals surface area contributed by atoms with Gasteiger partial charge in [-0.25, -0.2) is 0 Å². The second-order valence-corrected chi connectivity index (χ2v) is 7.42. The molecule has 0 aliphatic rings. The van der Waals surface area contributed by atoms with Gasteiger partial charge in [0.1, 0.15) is 0 Å². The minimum atomic E-state index is -0.441. The Kier molecular flexibility index (Phi) is 5.26. The fraction of sp³-hybridized carbons (Fsp3) is 0.412. The summed E-state index contributed by atoms with van der Waals surface area (Å²) in [5.41, 5.74) is 8.82. The fourth-order valence-corrected chi connectivity index (χ4v) is 2.83. The van der Waals surface area contributed by atoms with Gasteiger partial charge in [-0.2, -0.15) is 5.10 Å². The highest BCUT2D eigenvalue weighted by Crippen LogP contribution is 2.17. The Bertz CT molecular complexity index is 716. The van der Waals surface area contributed by atoms with Crippen LogP contribution in [-0.4, -0.2) is 27.8 Å². The third kappa shape index (κ3) is 4.65. The van der Waals surface area contributed by atoms with E-state index < -0.39 is 5.54 Å². The highest BCUT2D eigenvalue weighted by atomic mass is 79.9. The molecule has 3 N–H and O–H groups in total. The zero-order chi connectivity index (χ0) is 17.2. The van der Waals surface area contributed by atoms with Crippen LogP contribution < -0.4 is 11.1 Å². The van der Waals surface area contributed by atoms with Crippen LogP contribution in [-0.2, 0) is 6.54 Å². The van der Waals surface area contributed by atoms with Gasteiger partial charge in [0.05, 0.1) is 17.8 Å². The zero-order valence-corrected chi connectivity index (χ0v) is 15.6. The van der Waals surface area contributed by atoms with E-state index in [-0.39, 0.29) is 5.91 Å². The molecule has 1 aromatic heterocycles. The molecule has 1 heterocycles. The number of nitrogens with zero attached hydrogens (tertiary/aromatic N) is 2. The number of carbonyl (C=O) groups is 1. The third-order valence-electron chi connectivity index (χ3n) is 3.53. The average molecular weight is 379 g/mol. The average Bonchev–Trinajstić information content (AvgIpc) is 2.70. The summed E-state index contributed by atoms with van der Waals surface area (Å²) in [6.07, 6.45) is 0. The van der Waals surface area contributed by atoms with Crippen molar-refractivity contribution in [1.82, 2.24) is 15.1 Å². The number of aryl methyl sites for hydroxylation is 1. The van der Waals surface area contributed by atoms with E-state index in [0.717, 1.165) is 21.4 Å². The molecule has 0 saturated carbocycles. The van der Waals surface area contributed by atoms with Crippen LogP contribution in [0.1, 0.15) is 41.2 Å². The summed E-state index contributed by atoms with van der Waals surface area (Å²) in [6.45, 7) is 8.57. The van der Waals surface area contributed by atoms with Crippen molar-refractivity contribution in [1.29, 1.82) is 0 Å². The maximum atomic E-state index is 12.4. The van der Waals surface area contributed by atoms with Crippen molar-refractivity contribution in [3.8, 4) is 0 Å². The summed E-state index contributed by atoms with van der Waals surface area (Å²) in [7, 11) is 0. The molecule has 1 amide bonds. The summed E-state index contributed by atoms with van der Waals surface area (Å²) in [4.78, 5) is 12.4. The molecule has 2 rings (SSSR count). The molecule has 2 aromatic rings. The third-order valence-corrected chi connectivity index (χ3v) is 4.03. The number of halogens is 1. The molecule has 0 atom stereocenters. The molecule has 0 aliphatic carbocycles. The summed E-state index contributed by atoms with van der Waals surface area (Å²) in [6, 6.07) is 8.06. The van der Waals surface area contributed by atoms with Crippen molar-refractivity contribution in [3.05, 3.63) is 51.3 Å². The molecule has 0 saturated heterocycles. The van der Waals surface area contributed by atoms with Gasteiger partial charge in [0.15, 0.2) is 0 Å². The number of nitrogens with two attached hydrogens (primary N) is 1. The topological polar surface area (TPSA) is 72.9 Å². The molecule has 0 radical (unpaired) electrons. The molecule has 0 unspecified atom stereocenters. The largest absolute Gasteiger partial charge is 0.350 e. The molecule has 5 nitrogen and oxygen atoms in total. The molecule has 124 valence electrons. The predicted octanol–water partition coefficient (Wildman–Crippen LogP) is 2.78. The first kappa shape index (κ1) is 17.7. The molecule has 23 heavy (non-hydrogen) atoms. The first-order valence-electron chi connectivity index (χ1n) is 7.53. The van der Waals surface area contributed by atoms with Crippen LogP contribution in [0.2, 0.25) is 0 Å². The second-order valence-electron chi connectivity index (χ2n) is 6.50. The summed E-state index contributed by atoms with van der Waals surface area (Å²) in [5.74, 6) is -0.126. The number of rotatable bonds is 5. The fourth-order valence-electron chi connectivity index (χ4n) is 2.38. The monoisotopic (exact) mass is 378 g/mol. The number of hydrogen-bond acceptors (Lipinski definition) is 3. The second kappa shape index (κ2) is 6.84. The van der Waals surface area contributed by atoms with E-state index in [1.165, 1.54) is 0 Å². The maximum Gasteiger partial charge on any atom is 0.255 e. The van der Waals surface area contributed by atoms with Crippen LogP contribution in [0, 0.1) is 13.8 Å². The minimum absolute atomic E-state index is 0.126. The highest BCUT2D eigenvalue weighted by molar-refractivity contribution is 9.10. The molecule has 0 aliphatic heterocycles. The highest BCUT2D eigenvalue weighted by Gasteiger charge is 2.20. The number of carbonyl (C=O) groups excluding carboxylic acids is 1. The molecule has 0 fully saturated rings. The van der Waals surface area contributed by atoms with Crippen LogP contribution in [0.5, 0.6) is 0 Å². The first-order valence-corrected chi connectivity index (χ1v) is 8.32. The Balaban J connectivity index is 2.20. The van der Waals surface area contributed by atoms with Crippen molar-refractivity contribution >= 4 is 21.8 Å². The van der Waals surface area contributed by atoms with Crippen LogP contribution in [0.3, 0.4) is 0 Å². The van der Waals surface area contributed by atoms with E-state index in [4.69, 9.17) is 5.73 Å². The van der Waals surface area contributed by atoms with Crippen LogP contribution in [0.4, 0.5) is 0 Å². The van der Waals surface area contributed by atoms with Crippen molar-refractivity contribution in [3.63, 3.8) is 0 Å². The van der Waals surface area contributed by atoms with Crippen molar-refractivity contribution in [2.24, 2.45) is 5.73 Å². The van der Waals surface area contributed by atoms with E-state index in [2.05, 4.69) is 26.3 Å². The minimum Gasteiger partial charge on any atom is -0.350 e. The molecule has 1 aromatic carbocycles. The van der Waals surface area contributed by atoms with Gasteiger partial charge in [0, 0.05) is 22.3 Å². The van der Waals surface area contributed by atoms with E-state index in [0.29, 0.717) is 18.7 Å². The van der Waals surface area contributed by atoms with Crippen molar-refractivity contribution in [2.45, 2.75) is 39.8 Å². The summed E-state index contributed by atoms with van der Waals surface area (Å²) < 4.78 is 2.89. The van der Waals surface area contributed by atoms with Crippen LogP contribution in [0.15, 0.2) is 28.7 Å². The Morgan fingerprint density at radius 2 is 2.09 bits per heavy atom. The lowest BCUT2D eigenvalue weighted by molar-refractivity contribution is 0.0944. The Morgan fingerprint density at radius 1 is 1.39 bits per heavy atom. The lowest BCUT2D eigenvalue weighted by Gasteiger charge is -2.18. The molecular weight excluding hydrogens is 356 g/mol. The maximum absolute atomic E-state index is 12.4. The van der Waals surface area contributed by atoms with Crippen molar-refractivity contribution in [2.75, 3.05) is 6.54 Å². The smallest absolute Gasteiger partial charge is 0.255 e. The Morgan fingerprint density at radius 3 is 2.70 bits per heavy atom. The molecule has 0 spiro atoms. The van der Waals surface area contributed by atoms with Gasteiger partial charge >= 0.3 is 0 Å². The number of benzene rings is 1. The summed E-state index contributed by atoms with van der Waals surface area (Å²) >= 11 is 3.47. The molecule has 6 heteroatoms. The van der Waals surface area contributed by atoms with Crippen LogP contribution in [0.25, 0.3) is 0 Å². The van der Waals surface area contributed by atoms with E-state index >= 15 is 0 Å². The first-order chi connectivity index (χ1) is 10.7. The lowest BCUT2D eigenvalue weighted by atomic mass is 10.1. The standard InChI is InChI=1S/C17H23BrN4O/c1-11-15(16(23)20-10-17(3,4)19)12(2)22(21-11)9-13-6-5-7-14(18)8-13/h5-8H,9-10,19H2,1-4H3,(H,20,23). The van der Waals surface area contributed by atoms with Gasteiger partial charge < -0.3 is 11.1 Å². The van der Waals surface area contributed by atoms with Gasteiger partial charge in [-0.05, 0) is 45.4 Å². The van der Waals surface area contributed by atoms with Gasteiger partial charge in [-0.15, -0.1) is 0 Å². The number of hydrogen-bond donors (Lipinski definition) is 2. The SMILES string of the molecule is Cc1nn(Cc2cccc(Br)c2)c(C)c1C(=O)NCC(C)(C)N. The quantitative estimate of drug-likeness (QED) is 0.839. The van der Waals surface area contributed by atoms with Crippen LogP contribution >= 0.6 is 15.9 Å². The van der Waals surface area contributed by atoms with E-state index in [1.54, 1.807) is 0 Å². The van der Waals surface area contributed by atoms with Gasteiger partial charge in [-0.1, -0.05) is 28.1 Å². The van der Waals surface area contributed by atoms with Crippen molar-refractivity contribution < 1.29 is 4.79 Å². The number of aromatic nitrogens is 2. The normalized spacial score (nSPS) is 11.6.